The minimum absolute atomic E-state index is 0.256. The number of carboxylic acid groups (broad SMARTS) is 1. The normalized spacial score (nSPS) is 18.1. The van der Waals surface area contributed by atoms with E-state index in [-0.39, 0.29) is 5.60 Å². The molecule has 1 aromatic rings. The molecule has 0 saturated carbocycles. The average Bonchev–Trinajstić information content (AvgIpc) is 2.53. The lowest BCUT2D eigenvalue weighted by atomic mass is 10.0. The van der Waals surface area contributed by atoms with Crippen molar-refractivity contribution in [2.75, 3.05) is 0 Å². The van der Waals surface area contributed by atoms with Crippen LogP contribution in [0.5, 0.6) is 11.5 Å². The molecule has 1 atom stereocenters. The highest BCUT2D eigenvalue weighted by Gasteiger charge is 2.32. The number of benzene rings is 1. The predicted octanol–water partition coefficient (Wildman–Crippen LogP) is 2.25. The topological polar surface area (TPSA) is 55.8 Å². The molecule has 0 amide bonds. The van der Waals surface area contributed by atoms with Crippen molar-refractivity contribution in [3.05, 3.63) is 23.8 Å². The second kappa shape index (κ2) is 3.95. The van der Waals surface area contributed by atoms with Gasteiger partial charge in [-0.1, -0.05) is 12.1 Å². The Labute approximate surface area is 100 Å². The minimum Gasteiger partial charge on any atom is -0.483 e. The van der Waals surface area contributed by atoms with Gasteiger partial charge in [-0.25, -0.2) is 4.79 Å². The van der Waals surface area contributed by atoms with E-state index in [4.69, 9.17) is 14.6 Å². The lowest BCUT2D eigenvalue weighted by molar-refractivity contribution is -0.144. The zero-order chi connectivity index (χ0) is 12.6. The quantitative estimate of drug-likeness (QED) is 0.874. The van der Waals surface area contributed by atoms with Gasteiger partial charge in [-0.2, -0.15) is 0 Å². The first-order valence-corrected chi connectivity index (χ1v) is 5.59. The summed E-state index contributed by atoms with van der Waals surface area (Å²) in [5.41, 5.74) is 0.805. The van der Waals surface area contributed by atoms with Crippen LogP contribution in [0.1, 0.15) is 26.3 Å². The Bertz CT molecular complexity index is 451. The summed E-state index contributed by atoms with van der Waals surface area (Å²) in [6.07, 6.45) is -0.0742. The highest BCUT2D eigenvalue weighted by atomic mass is 16.6. The molecular weight excluding hydrogens is 220 g/mol. The number of hydrogen-bond donors (Lipinski definition) is 1. The van der Waals surface area contributed by atoms with Gasteiger partial charge in [-0.3, -0.25) is 0 Å². The van der Waals surface area contributed by atoms with Crippen molar-refractivity contribution in [2.24, 2.45) is 0 Å². The number of carbonyl (C=O) groups is 1. The second-order valence-corrected chi connectivity index (χ2v) is 4.88. The summed E-state index contributed by atoms with van der Waals surface area (Å²) in [5, 5.41) is 8.83. The Morgan fingerprint density at radius 2 is 2.24 bits per heavy atom. The van der Waals surface area contributed by atoms with Crippen molar-refractivity contribution in [3.8, 4) is 11.5 Å². The van der Waals surface area contributed by atoms with Crippen molar-refractivity contribution in [3.63, 3.8) is 0 Å². The average molecular weight is 236 g/mol. The Balaban J connectivity index is 2.27. The molecule has 92 valence electrons. The van der Waals surface area contributed by atoms with E-state index in [1.54, 1.807) is 6.07 Å². The first-order chi connectivity index (χ1) is 7.89. The van der Waals surface area contributed by atoms with Gasteiger partial charge in [0.05, 0.1) is 0 Å². The van der Waals surface area contributed by atoms with E-state index in [2.05, 4.69) is 0 Å². The minimum atomic E-state index is -0.986. The van der Waals surface area contributed by atoms with E-state index in [1.807, 2.05) is 26.0 Å². The number of rotatable bonds is 3. The zero-order valence-electron chi connectivity index (χ0n) is 10.2. The van der Waals surface area contributed by atoms with Crippen LogP contribution < -0.4 is 9.47 Å². The van der Waals surface area contributed by atoms with E-state index in [0.717, 1.165) is 12.0 Å². The van der Waals surface area contributed by atoms with Crippen molar-refractivity contribution in [1.82, 2.24) is 0 Å². The van der Waals surface area contributed by atoms with Gasteiger partial charge in [0, 0.05) is 12.0 Å². The van der Waals surface area contributed by atoms with Crippen LogP contribution in [0, 0.1) is 0 Å². The van der Waals surface area contributed by atoms with E-state index in [1.165, 1.54) is 6.92 Å². The van der Waals surface area contributed by atoms with Gasteiger partial charge in [0.15, 0.2) is 17.6 Å². The SMILES string of the molecule is C[C@@H](Oc1cccc2c1OC(C)(C)C2)C(=O)O. The smallest absolute Gasteiger partial charge is 0.344 e. The Kier molecular flexibility index (Phi) is 2.73. The predicted molar refractivity (Wildman–Crippen MR) is 62.6 cm³/mol. The molecule has 0 spiro atoms. The molecule has 0 bridgehead atoms. The van der Waals surface area contributed by atoms with E-state index in [9.17, 15) is 4.79 Å². The van der Waals surface area contributed by atoms with Gasteiger partial charge >= 0.3 is 5.97 Å². The molecule has 0 radical (unpaired) electrons. The van der Waals surface area contributed by atoms with Gasteiger partial charge in [-0.05, 0) is 26.8 Å². The maximum atomic E-state index is 10.8. The first kappa shape index (κ1) is 11.8. The number of ether oxygens (including phenoxy) is 2. The highest BCUT2D eigenvalue weighted by molar-refractivity contribution is 5.72. The molecule has 1 aliphatic heterocycles. The second-order valence-electron chi connectivity index (χ2n) is 4.88. The van der Waals surface area contributed by atoms with E-state index >= 15 is 0 Å². The molecule has 1 aromatic carbocycles. The molecule has 1 aliphatic rings. The van der Waals surface area contributed by atoms with Crippen LogP contribution >= 0.6 is 0 Å². The van der Waals surface area contributed by atoms with Crippen LogP contribution in [0.25, 0.3) is 0 Å². The molecule has 4 heteroatoms. The third kappa shape index (κ3) is 2.35. The van der Waals surface area contributed by atoms with Crippen LogP contribution in [-0.4, -0.2) is 22.8 Å². The molecule has 0 fully saturated rings. The molecule has 0 saturated heterocycles. The standard InChI is InChI=1S/C13H16O4/c1-8(12(14)15)16-10-6-4-5-9-7-13(2,3)17-11(9)10/h4-6,8H,7H2,1-3H3,(H,14,15)/t8-/m1/s1. The maximum Gasteiger partial charge on any atom is 0.344 e. The van der Waals surface area contributed by atoms with Gasteiger partial charge in [-0.15, -0.1) is 0 Å². The van der Waals surface area contributed by atoms with Crippen molar-refractivity contribution in [1.29, 1.82) is 0 Å². The number of carboxylic acids is 1. The molecule has 1 heterocycles. The molecule has 4 nitrogen and oxygen atoms in total. The van der Waals surface area contributed by atoms with Crippen LogP contribution in [0.15, 0.2) is 18.2 Å². The molecule has 0 unspecified atom stereocenters. The fourth-order valence-electron chi connectivity index (χ4n) is 1.92. The van der Waals surface area contributed by atoms with Crippen LogP contribution in [0.2, 0.25) is 0 Å². The monoisotopic (exact) mass is 236 g/mol. The van der Waals surface area contributed by atoms with Crippen molar-refractivity contribution < 1.29 is 19.4 Å². The fraction of sp³-hybridized carbons (Fsp3) is 0.462. The summed E-state index contributed by atoms with van der Waals surface area (Å²) in [6.45, 7) is 5.50. The van der Waals surface area contributed by atoms with Crippen molar-refractivity contribution >= 4 is 5.97 Å². The highest BCUT2D eigenvalue weighted by Crippen LogP contribution is 2.41. The van der Waals surface area contributed by atoms with E-state index < -0.39 is 12.1 Å². The summed E-state index contributed by atoms with van der Waals surface area (Å²) in [5.74, 6) is 0.188. The number of fused-ring (bicyclic) bond motifs is 1. The molecule has 17 heavy (non-hydrogen) atoms. The fourth-order valence-corrected chi connectivity index (χ4v) is 1.92. The van der Waals surface area contributed by atoms with Crippen molar-refractivity contribution in [2.45, 2.75) is 38.9 Å². The van der Waals surface area contributed by atoms with Gasteiger partial charge in [0.25, 0.3) is 0 Å². The summed E-state index contributed by atoms with van der Waals surface area (Å²) in [4.78, 5) is 10.8. The largest absolute Gasteiger partial charge is 0.483 e. The molecule has 1 N–H and O–H groups in total. The molecule has 0 aromatic heterocycles. The number of aliphatic carboxylic acids is 1. The third-order valence-electron chi connectivity index (χ3n) is 2.71. The lowest BCUT2D eigenvalue weighted by Crippen LogP contribution is -2.25. The third-order valence-corrected chi connectivity index (χ3v) is 2.71. The summed E-state index contributed by atoms with van der Waals surface area (Å²) >= 11 is 0. The summed E-state index contributed by atoms with van der Waals surface area (Å²) < 4.78 is 11.2. The Morgan fingerprint density at radius 1 is 1.53 bits per heavy atom. The van der Waals surface area contributed by atoms with Gasteiger partial charge in [0.2, 0.25) is 0 Å². The lowest BCUT2D eigenvalue weighted by Gasteiger charge is -2.19. The summed E-state index contributed by atoms with van der Waals surface area (Å²) in [6, 6.07) is 5.57. The molecule has 0 aliphatic carbocycles. The molecule has 2 rings (SSSR count). The molecular formula is C13H16O4. The van der Waals surface area contributed by atoms with E-state index in [0.29, 0.717) is 11.5 Å². The number of para-hydroxylation sites is 1. The van der Waals surface area contributed by atoms with Gasteiger partial charge in [0.1, 0.15) is 5.60 Å². The Morgan fingerprint density at radius 3 is 2.88 bits per heavy atom. The number of hydrogen-bond acceptors (Lipinski definition) is 3. The van der Waals surface area contributed by atoms with Crippen LogP contribution in [0.3, 0.4) is 0 Å². The Hall–Kier alpha value is -1.71. The summed E-state index contributed by atoms with van der Waals surface area (Å²) in [7, 11) is 0. The van der Waals surface area contributed by atoms with Gasteiger partial charge < -0.3 is 14.6 Å². The maximum absolute atomic E-state index is 10.8. The zero-order valence-corrected chi connectivity index (χ0v) is 10.2. The first-order valence-electron chi connectivity index (χ1n) is 5.59. The van der Waals surface area contributed by atoms with Crippen LogP contribution in [0.4, 0.5) is 0 Å². The van der Waals surface area contributed by atoms with Crippen LogP contribution in [-0.2, 0) is 11.2 Å².